The number of carbonyl (C=O) groups is 2. The number of likely N-dealkylation sites (tertiary alicyclic amines) is 1. The van der Waals surface area contributed by atoms with E-state index in [9.17, 15) is 19.8 Å². The van der Waals surface area contributed by atoms with E-state index in [1.165, 1.54) is 11.9 Å². The van der Waals surface area contributed by atoms with Crippen LogP contribution in [0.4, 0.5) is 4.79 Å². The van der Waals surface area contributed by atoms with Crippen molar-refractivity contribution in [1.82, 2.24) is 9.80 Å². The van der Waals surface area contributed by atoms with E-state index in [2.05, 4.69) is 0 Å². The topological polar surface area (TPSA) is 111 Å². The van der Waals surface area contributed by atoms with Crippen LogP contribution in [0.2, 0.25) is 0 Å². The molecule has 0 saturated carbocycles. The van der Waals surface area contributed by atoms with E-state index in [1.807, 2.05) is 0 Å². The summed E-state index contributed by atoms with van der Waals surface area (Å²) in [5.74, 6) is -1.13. The van der Waals surface area contributed by atoms with Crippen molar-refractivity contribution in [2.75, 3.05) is 33.4 Å². The average Bonchev–Trinajstić information content (AvgIpc) is 2.80. The standard InChI is InChI=1S/C13H22N2O6/c1-14(8-13(20)2-4-21-5-3-13)12(19)15-7-9(16)6-10(15)11(17)18/h9-10,16,20H,2-8H2,1H3,(H,17,18)/t9-,10-/m0/s1. The molecule has 2 heterocycles. The summed E-state index contributed by atoms with van der Waals surface area (Å²) < 4.78 is 5.18. The molecule has 0 aromatic heterocycles. The van der Waals surface area contributed by atoms with Gasteiger partial charge in [0.1, 0.15) is 6.04 Å². The first-order valence-corrected chi connectivity index (χ1v) is 7.05. The first-order chi connectivity index (χ1) is 9.82. The highest BCUT2D eigenvalue weighted by molar-refractivity contribution is 5.83. The Bertz CT molecular complexity index is 409. The molecule has 0 bridgehead atoms. The summed E-state index contributed by atoms with van der Waals surface area (Å²) in [5, 5.41) is 29.1. The summed E-state index contributed by atoms with van der Waals surface area (Å²) in [6, 6.07) is -1.50. The van der Waals surface area contributed by atoms with Gasteiger partial charge in [-0.15, -0.1) is 0 Å². The first kappa shape index (κ1) is 16.0. The van der Waals surface area contributed by atoms with Crippen LogP contribution in [-0.4, -0.2) is 88.2 Å². The van der Waals surface area contributed by atoms with E-state index >= 15 is 0 Å². The Morgan fingerprint density at radius 3 is 2.57 bits per heavy atom. The quantitative estimate of drug-likeness (QED) is 0.623. The van der Waals surface area contributed by atoms with Crippen molar-refractivity contribution in [3.05, 3.63) is 0 Å². The smallest absolute Gasteiger partial charge is 0.326 e. The highest BCUT2D eigenvalue weighted by Gasteiger charge is 2.41. The Balaban J connectivity index is 1.99. The summed E-state index contributed by atoms with van der Waals surface area (Å²) in [6.07, 6.45) is 0.0905. The number of β-amino-alcohol motifs (C(OH)–C–C–N with tert-alkyl or cyclic N) is 1. The van der Waals surface area contributed by atoms with E-state index in [-0.39, 0.29) is 19.5 Å². The van der Waals surface area contributed by atoms with Crippen LogP contribution >= 0.6 is 0 Å². The molecular formula is C13H22N2O6. The monoisotopic (exact) mass is 302 g/mol. The number of urea groups is 1. The van der Waals surface area contributed by atoms with E-state index < -0.39 is 29.7 Å². The zero-order valence-electron chi connectivity index (χ0n) is 12.1. The summed E-state index contributed by atoms with van der Waals surface area (Å²) in [6.45, 7) is 1.01. The van der Waals surface area contributed by atoms with Crippen LogP contribution < -0.4 is 0 Å². The number of carboxylic acid groups (broad SMARTS) is 1. The molecule has 2 atom stereocenters. The number of ether oxygens (including phenoxy) is 1. The number of aliphatic hydroxyl groups excluding tert-OH is 1. The average molecular weight is 302 g/mol. The number of nitrogens with zero attached hydrogens (tertiary/aromatic N) is 2. The highest BCUT2D eigenvalue weighted by atomic mass is 16.5. The van der Waals surface area contributed by atoms with Crippen molar-refractivity contribution < 1.29 is 29.6 Å². The van der Waals surface area contributed by atoms with Gasteiger partial charge < -0.3 is 29.9 Å². The molecular weight excluding hydrogens is 280 g/mol. The molecule has 2 amide bonds. The van der Waals surface area contributed by atoms with Gasteiger partial charge in [0.15, 0.2) is 0 Å². The minimum Gasteiger partial charge on any atom is -0.480 e. The number of rotatable bonds is 3. The van der Waals surface area contributed by atoms with Crippen molar-refractivity contribution in [3.63, 3.8) is 0 Å². The fourth-order valence-electron chi connectivity index (χ4n) is 2.90. The molecule has 0 aromatic carbocycles. The Hall–Kier alpha value is -1.38. The van der Waals surface area contributed by atoms with Gasteiger partial charge in [-0.2, -0.15) is 0 Å². The number of aliphatic carboxylic acids is 1. The van der Waals surface area contributed by atoms with Gasteiger partial charge in [-0.25, -0.2) is 9.59 Å². The molecule has 21 heavy (non-hydrogen) atoms. The Labute approximate surface area is 122 Å². The predicted octanol–water partition coefficient (Wildman–Crippen LogP) is -0.900. The predicted molar refractivity (Wildman–Crippen MR) is 71.8 cm³/mol. The van der Waals surface area contributed by atoms with Gasteiger partial charge in [-0.3, -0.25) is 0 Å². The second-order valence-corrected chi connectivity index (χ2v) is 5.87. The SMILES string of the molecule is CN(CC1(O)CCOCC1)C(=O)N1C[C@@H](O)C[C@H]1C(=O)O. The third kappa shape index (κ3) is 3.63. The molecule has 120 valence electrons. The summed E-state index contributed by atoms with van der Waals surface area (Å²) in [4.78, 5) is 26.0. The van der Waals surface area contributed by atoms with Gasteiger partial charge in [0.2, 0.25) is 0 Å². The Kier molecular flexibility index (Phi) is 4.70. The molecule has 8 heteroatoms. The van der Waals surface area contributed by atoms with E-state index in [1.54, 1.807) is 0 Å². The Morgan fingerprint density at radius 2 is 2.00 bits per heavy atom. The van der Waals surface area contributed by atoms with Crippen LogP contribution in [0.3, 0.4) is 0 Å². The van der Waals surface area contributed by atoms with Crippen LogP contribution in [-0.2, 0) is 9.53 Å². The Morgan fingerprint density at radius 1 is 1.38 bits per heavy atom. The second kappa shape index (κ2) is 6.17. The molecule has 0 radical (unpaired) electrons. The second-order valence-electron chi connectivity index (χ2n) is 5.87. The third-order valence-corrected chi connectivity index (χ3v) is 4.09. The van der Waals surface area contributed by atoms with Crippen molar-refractivity contribution >= 4 is 12.0 Å². The molecule has 2 fully saturated rings. The number of carbonyl (C=O) groups excluding carboxylic acids is 1. The number of likely N-dealkylation sites (N-methyl/N-ethyl adjacent to an activating group) is 1. The number of hydrogen-bond acceptors (Lipinski definition) is 5. The van der Waals surface area contributed by atoms with Crippen LogP contribution in [0.5, 0.6) is 0 Å². The molecule has 0 unspecified atom stereocenters. The van der Waals surface area contributed by atoms with Crippen molar-refractivity contribution in [1.29, 1.82) is 0 Å². The fraction of sp³-hybridized carbons (Fsp3) is 0.846. The minimum atomic E-state index is -1.13. The first-order valence-electron chi connectivity index (χ1n) is 7.05. The maximum atomic E-state index is 12.4. The van der Waals surface area contributed by atoms with E-state index in [4.69, 9.17) is 9.84 Å². The van der Waals surface area contributed by atoms with Gasteiger partial charge in [0.05, 0.1) is 18.2 Å². The number of carboxylic acids is 1. The zero-order chi connectivity index (χ0) is 15.6. The molecule has 0 aliphatic carbocycles. The normalized spacial score (nSPS) is 28.4. The van der Waals surface area contributed by atoms with Crippen LogP contribution in [0.1, 0.15) is 19.3 Å². The number of aliphatic hydroxyl groups is 2. The molecule has 0 spiro atoms. The van der Waals surface area contributed by atoms with Gasteiger partial charge in [-0.1, -0.05) is 0 Å². The van der Waals surface area contributed by atoms with Gasteiger partial charge >= 0.3 is 12.0 Å². The van der Waals surface area contributed by atoms with Crippen molar-refractivity contribution in [2.24, 2.45) is 0 Å². The summed E-state index contributed by atoms with van der Waals surface area (Å²) in [7, 11) is 1.53. The zero-order valence-corrected chi connectivity index (χ0v) is 12.1. The minimum absolute atomic E-state index is 0.00167. The molecule has 2 rings (SSSR count). The summed E-state index contributed by atoms with van der Waals surface area (Å²) in [5.41, 5.74) is -1.00. The largest absolute Gasteiger partial charge is 0.480 e. The van der Waals surface area contributed by atoms with Gasteiger partial charge in [0.25, 0.3) is 0 Å². The lowest BCUT2D eigenvalue weighted by Gasteiger charge is -2.37. The van der Waals surface area contributed by atoms with Crippen LogP contribution in [0.15, 0.2) is 0 Å². The van der Waals surface area contributed by atoms with Gasteiger partial charge in [-0.05, 0) is 0 Å². The van der Waals surface area contributed by atoms with E-state index in [0.29, 0.717) is 26.1 Å². The summed E-state index contributed by atoms with van der Waals surface area (Å²) >= 11 is 0. The molecule has 2 aliphatic rings. The van der Waals surface area contributed by atoms with Crippen molar-refractivity contribution in [3.8, 4) is 0 Å². The fourth-order valence-corrected chi connectivity index (χ4v) is 2.90. The lowest BCUT2D eigenvalue weighted by atomic mass is 9.94. The van der Waals surface area contributed by atoms with Crippen molar-refractivity contribution in [2.45, 2.75) is 37.0 Å². The lowest BCUT2D eigenvalue weighted by Crippen LogP contribution is -2.52. The molecule has 0 aromatic rings. The molecule has 8 nitrogen and oxygen atoms in total. The highest BCUT2D eigenvalue weighted by Crippen LogP contribution is 2.24. The molecule has 2 saturated heterocycles. The number of amides is 2. The molecule has 3 N–H and O–H groups in total. The lowest BCUT2D eigenvalue weighted by molar-refractivity contribution is -0.141. The number of hydrogen-bond donors (Lipinski definition) is 3. The molecule has 2 aliphatic heterocycles. The maximum absolute atomic E-state index is 12.4. The van der Waals surface area contributed by atoms with Gasteiger partial charge in [0, 0.05) is 46.1 Å². The third-order valence-electron chi connectivity index (χ3n) is 4.09. The van der Waals surface area contributed by atoms with Crippen LogP contribution in [0, 0.1) is 0 Å². The van der Waals surface area contributed by atoms with Crippen LogP contribution in [0.25, 0.3) is 0 Å². The van der Waals surface area contributed by atoms with E-state index in [0.717, 1.165) is 4.90 Å². The maximum Gasteiger partial charge on any atom is 0.326 e.